The molecule has 5 atom stereocenters. The van der Waals surface area contributed by atoms with Crippen molar-refractivity contribution in [1.29, 1.82) is 0 Å². The Balaban J connectivity index is 5.33. The summed E-state index contributed by atoms with van der Waals surface area (Å²) in [6.45, 7) is 4.81. The predicted molar refractivity (Wildman–Crippen MR) is 418 cm³/mol. The van der Waals surface area contributed by atoms with Crippen LogP contribution in [0.25, 0.3) is 0 Å². The summed E-state index contributed by atoms with van der Waals surface area (Å²) in [5.74, 6) is -2.18. The van der Waals surface area contributed by atoms with E-state index in [9.17, 15) is 43.2 Å². The van der Waals surface area contributed by atoms with Gasteiger partial charge in [0.25, 0.3) is 0 Å². The van der Waals surface area contributed by atoms with Crippen molar-refractivity contribution in [3.8, 4) is 0 Å². The number of hydrogen-bond donors (Lipinski definition) is 3. The fraction of sp³-hybridized carbons (Fsp3) is 0.807. The van der Waals surface area contributed by atoms with Crippen molar-refractivity contribution in [1.82, 2.24) is 0 Å². The number of rotatable bonds is 78. The highest BCUT2D eigenvalue weighted by molar-refractivity contribution is 7.47. The van der Waals surface area contributed by atoms with Crippen molar-refractivity contribution in [3.05, 3.63) is 72.9 Å². The van der Waals surface area contributed by atoms with Gasteiger partial charge in [0.05, 0.1) is 26.4 Å². The normalized spacial score (nSPS) is 14.2. The standard InChI is InChI=1S/C83H150O17P2/c1-5-9-13-17-21-25-29-33-36-37-38-39-42-45-48-52-56-60-64-68-81(86)94-74-79(100-83(88)70-66-62-58-54-50-46-41-35-31-27-23-19-15-11-7-3)76-98-102(91,92)96-72-77(84)71-95-101(89,90)97-75-78(99-82(87)69-65-61-57-53-49-43-32-28-24-20-16-12-8-4)73-93-80(85)67-63-59-55-51-47-44-40-34-30-26-22-18-14-10-6-2/h16,20-21,25,28,32-34,36,38-40,77-79,84H,5-15,17-19,22-24,26-27,29-31,35,37,41-76H2,1-4H3,(H,89,90)(H,91,92)/b20-16-,25-21-,32-28-,36-33-,39-38-,40-34-. The minimum absolute atomic E-state index is 0.0800. The number of unbranched alkanes of at least 4 members (excludes halogenated alkanes) is 40. The van der Waals surface area contributed by atoms with E-state index in [-0.39, 0.29) is 25.7 Å². The van der Waals surface area contributed by atoms with Gasteiger partial charge in [0.1, 0.15) is 19.3 Å². The van der Waals surface area contributed by atoms with Gasteiger partial charge in [0.2, 0.25) is 0 Å². The number of carbonyl (C=O) groups is 4. The topological polar surface area (TPSA) is 237 Å². The van der Waals surface area contributed by atoms with Gasteiger partial charge in [-0.3, -0.25) is 37.3 Å². The van der Waals surface area contributed by atoms with Crippen LogP contribution in [0.4, 0.5) is 0 Å². The molecule has 19 heteroatoms. The predicted octanol–water partition coefficient (Wildman–Crippen LogP) is 24.0. The first-order valence-corrected chi connectivity index (χ1v) is 44.2. The van der Waals surface area contributed by atoms with Crippen molar-refractivity contribution in [2.45, 2.75) is 393 Å². The maximum absolute atomic E-state index is 13.1. The molecular weight excluding hydrogens is 1330 g/mol. The number of hydrogen-bond acceptors (Lipinski definition) is 15. The molecule has 0 aromatic heterocycles. The Hall–Kier alpha value is -3.50. The van der Waals surface area contributed by atoms with Crippen molar-refractivity contribution < 1.29 is 80.2 Å². The smallest absolute Gasteiger partial charge is 0.462 e. The summed E-state index contributed by atoms with van der Waals surface area (Å²) in [6, 6.07) is 0. The number of phosphoric ester groups is 2. The molecule has 0 aliphatic carbocycles. The molecule has 0 saturated carbocycles. The highest BCUT2D eigenvalue weighted by Crippen LogP contribution is 2.45. The second-order valence-corrected chi connectivity index (χ2v) is 30.6. The number of phosphoric acid groups is 2. The molecule has 102 heavy (non-hydrogen) atoms. The molecule has 0 heterocycles. The van der Waals surface area contributed by atoms with Gasteiger partial charge in [0.15, 0.2) is 12.2 Å². The van der Waals surface area contributed by atoms with Crippen LogP contribution in [0.5, 0.6) is 0 Å². The molecule has 0 aromatic carbocycles. The van der Waals surface area contributed by atoms with E-state index in [0.29, 0.717) is 25.7 Å². The molecule has 17 nitrogen and oxygen atoms in total. The third-order valence-electron chi connectivity index (χ3n) is 17.6. The van der Waals surface area contributed by atoms with Crippen LogP contribution < -0.4 is 0 Å². The summed E-state index contributed by atoms with van der Waals surface area (Å²) in [4.78, 5) is 73.0. The first kappa shape index (κ1) is 98.5. The van der Waals surface area contributed by atoms with Gasteiger partial charge < -0.3 is 33.8 Å². The number of ether oxygens (including phenoxy) is 4. The third-order valence-corrected chi connectivity index (χ3v) is 19.5. The second kappa shape index (κ2) is 75.7. The maximum Gasteiger partial charge on any atom is 0.472 e. The Morgan fingerprint density at radius 1 is 0.275 bits per heavy atom. The molecular formula is C83H150O17P2. The van der Waals surface area contributed by atoms with Crippen LogP contribution in [0.2, 0.25) is 0 Å². The summed E-state index contributed by atoms with van der Waals surface area (Å²) in [5, 5.41) is 10.6. The molecule has 0 aromatic rings. The first-order valence-electron chi connectivity index (χ1n) is 41.2. The lowest BCUT2D eigenvalue weighted by Gasteiger charge is -2.21. The van der Waals surface area contributed by atoms with E-state index in [1.807, 2.05) is 0 Å². The van der Waals surface area contributed by atoms with Crippen molar-refractivity contribution in [3.63, 3.8) is 0 Å². The number of esters is 4. The van der Waals surface area contributed by atoms with Crippen LogP contribution >= 0.6 is 15.6 Å². The number of carbonyl (C=O) groups excluding carboxylic acids is 4. The van der Waals surface area contributed by atoms with Crippen LogP contribution in [0, 0.1) is 0 Å². The molecule has 0 aliphatic rings. The van der Waals surface area contributed by atoms with Crippen molar-refractivity contribution >= 4 is 39.5 Å². The zero-order valence-corrected chi connectivity index (χ0v) is 66.8. The molecule has 0 radical (unpaired) electrons. The number of aliphatic hydroxyl groups excluding tert-OH is 1. The lowest BCUT2D eigenvalue weighted by atomic mass is 10.0. The molecule has 0 aliphatic heterocycles. The molecule has 0 saturated heterocycles. The van der Waals surface area contributed by atoms with E-state index in [0.717, 1.165) is 173 Å². The van der Waals surface area contributed by atoms with Crippen LogP contribution in [-0.4, -0.2) is 96.7 Å². The Kier molecular flexibility index (Phi) is 73.1. The van der Waals surface area contributed by atoms with Gasteiger partial charge in [-0.05, 0) is 116 Å². The monoisotopic (exact) mass is 1480 g/mol. The summed E-state index contributed by atoms with van der Waals surface area (Å²) in [7, 11) is -9.95. The van der Waals surface area contributed by atoms with E-state index in [1.54, 1.807) is 0 Å². The lowest BCUT2D eigenvalue weighted by Crippen LogP contribution is -2.30. The quantitative estimate of drug-likeness (QED) is 0.0169. The average Bonchev–Trinajstić information content (AvgIpc) is 0.944. The molecule has 3 N–H and O–H groups in total. The fourth-order valence-corrected chi connectivity index (χ4v) is 12.9. The maximum atomic E-state index is 13.1. The summed E-state index contributed by atoms with van der Waals surface area (Å²) in [5.41, 5.74) is 0. The summed E-state index contributed by atoms with van der Waals surface area (Å²) >= 11 is 0. The minimum atomic E-state index is -4.98. The average molecular weight is 1480 g/mol. The SMILES string of the molecule is CCC/C=C\C/C=C\CCCCCCCC(=O)OC(COC(=O)CCCCCCC/C=C\CCCCCCCC)COP(=O)(O)OCC(O)COP(=O)(O)OCC(COC(=O)CCCCCCCC/C=C\C/C=C\C/C=C\CCCCC)OC(=O)CCCCCCCCCCCCCCCCC. The zero-order chi connectivity index (χ0) is 74.6. The number of allylic oxidation sites excluding steroid dienone is 12. The molecule has 0 fully saturated rings. The van der Waals surface area contributed by atoms with Gasteiger partial charge in [-0.15, -0.1) is 0 Å². The Morgan fingerprint density at radius 3 is 0.804 bits per heavy atom. The third kappa shape index (κ3) is 74.8. The van der Waals surface area contributed by atoms with Gasteiger partial charge in [-0.2, -0.15) is 0 Å². The lowest BCUT2D eigenvalue weighted by molar-refractivity contribution is -0.161. The van der Waals surface area contributed by atoms with E-state index < -0.39 is 97.5 Å². The van der Waals surface area contributed by atoms with Gasteiger partial charge in [-0.25, -0.2) is 9.13 Å². The van der Waals surface area contributed by atoms with Gasteiger partial charge in [-0.1, -0.05) is 306 Å². The summed E-state index contributed by atoms with van der Waals surface area (Å²) in [6.07, 6.45) is 77.2. The highest BCUT2D eigenvalue weighted by Gasteiger charge is 2.30. The van der Waals surface area contributed by atoms with Crippen LogP contribution in [0.15, 0.2) is 72.9 Å². The first-order chi connectivity index (χ1) is 49.7. The molecule has 0 bridgehead atoms. The zero-order valence-electron chi connectivity index (χ0n) is 65.0. The molecule has 594 valence electrons. The van der Waals surface area contributed by atoms with Crippen LogP contribution in [-0.2, 0) is 65.4 Å². The van der Waals surface area contributed by atoms with E-state index in [2.05, 4.69) is 101 Å². The minimum Gasteiger partial charge on any atom is -0.462 e. The largest absolute Gasteiger partial charge is 0.472 e. The van der Waals surface area contributed by atoms with E-state index in [1.165, 1.54) is 122 Å². The molecule has 5 unspecified atom stereocenters. The second-order valence-electron chi connectivity index (χ2n) is 27.7. The van der Waals surface area contributed by atoms with Gasteiger partial charge >= 0.3 is 39.5 Å². The van der Waals surface area contributed by atoms with E-state index in [4.69, 9.17) is 37.0 Å². The Bertz CT molecular complexity index is 2210. The van der Waals surface area contributed by atoms with Crippen LogP contribution in [0.3, 0.4) is 0 Å². The summed E-state index contributed by atoms with van der Waals surface area (Å²) < 4.78 is 68.7. The van der Waals surface area contributed by atoms with E-state index >= 15 is 0 Å². The molecule has 0 spiro atoms. The van der Waals surface area contributed by atoms with Crippen molar-refractivity contribution in [2.24, 2.45) is 0 Å². The fourth-order valence-electron chi connectivity index (χ4n) is 11.3. The Labute approximate surface area is 622 Å². The van der Waals surface area contributed by atoms with Crippen LogP contribution in [0.1, 0.15) is 374 Å². The molecule has 0 amide bonds. The van der Waals surface area contributed by atoms with Gasteiger partial charge in [0, 0.05) is 25.7 Å². The number of aliphatic hydroxyl groups is 1. The van der Waals surface area contributed by atoms with Crippen molar-refractivity contribution in [2.75, 3.05) is 39.6 Å². The Morgan fingerprint density at radius 2 is 0.500 bits per heavy atom. The highest BCUT2D eigenvalue weighted by atomic mass is 31.2. The molecule has 0 rings (SSSR count).